The quantitative estimate of drug-likeness (QED) is 0.439. The Balaban J connectivity index is 1.47. The van der Waals surface area contributed by atoms with Gasteiger partial charge in [0.05, 0.1) is 5.69 Å². The SMILES string of the molecule is NC(=O)c1cc(-c2csc(NC(=O)c3csc(-c4ccc(Cl)cc4)n3)n2)c[nH]1. The maximum atomic E-state index is 12.5. The third-order valence-corrected chi connectivity index (χ3v) is 5.70. The number of hydrogen-bond acceptors (Lipinski definition) is 6. The molecular weight excluding hydrogens is 418 g/mol. The summed E-state index contributed by atoms with van der Waals surface area (Å²) in [7, 11) is 0. The number of nitrogens with two attached hydrogens (primary N) is 1. The third kappa shape index (κ3) is 3.81. The summed E-state index contributed by atoms with van der Waals surface area (Å²) in [6.45, 7) is 0. The fourth-order valence-corrected chi connectivity index (χ4v) is 4.06. The molecule has 2 amide bonds. The zero-order valence-corrected chi connectivity index (χ0v) is 16.5. The highest BCUT2D eigenvalue weighted by atomic mass is 35.5. The Morgan fingerprint density at radius 3 is 2.57 bits per heavy atom. The Hall–Kier alpha value is -3.01. The molecule has 4 rings (SSSR count). The maximum absolute atomic E-state index is 12.5. The highest BCUT2D eigenvalue weighted by Gasteiger charge is 2.15. The van der Waals surface area contributed by atoms with E-state index < -0.39 is 5.91 Å². The lowest BCUT2D eigenvalue weighted by molar-refractivity contribution is 0.0993. The molecule has 0 unspecified atom stereocenters. The van der Waals surface area contributed by atoms with E-state index in [9.17, 15) is 9.59 Å². The number of aromatic nitrogens is 3. The third-order valence-electron chi connectivity index (χ3n) is 3.80. The summed E-state index contributed by atoms with van der Waals surface area (Å²) < 4.78 is 0. The van der Waals surface area contributed by atoms with Crippen molar-refractivity contribution in [2.24, 2.45) is 5.73 Å². The summed E-state index contributed by atoms with van der Waals surface area (Å²) in [6, 6.07) is 8.88. The molecule has 0 radical (unpaired) electrons. The van der Waals surface area contributed by atoms with Crippen molar-refractivity contribution in [1.29, 1.82) is 0 Å². The fourth-order valence-electron chi connectivity index (χ4n) is 2.41. The highest BCUT2D eigenvalue weighted by Crippen LogP contribution is 2.27. The van der Waals surface area contributed by atoms with Crippen molar-refractivity contribution in [3.8, 4) is 21.8 Å². The molecule has 0 spiro atoms. The van der Waals surface area contributed by atoms with Crippen molar-refractivity contribution in [3.63, 3.8) is 0 Å². The molecule has 1 aromatic carbocycles. The number of nitrogens with zero attached hydrogens (tertiary/aromatic N) is 2. The predicted octanol–water partition coefficient (Wildman–Crippen LogP) is 4.27. The summed E-state index contributed by atoms with van der Waals surface area (Å²) in [5.41, 5.74) is 8.07. The molecule has 0 saturated carbocycles. The largest absolute Gasteiger partial charge is 0.364 e. The van der Waals surface area contributed by atoms with Gasteiger partial charge in [0.15, 0.2) is 5.13 Å². The first kappa shape index (κ1) is 18.4. The monoisotopic (exact) mass is 429 g/mol. The molecule has 3 heterocycles. The number of nitrogens with one attached hydrogen (secondary N) is 2. The van der Waals surface area contributed by atoms with Crippen molar-refractivity contribution in [2.45, 2.75) is 0 Å². The number of carbonyl (C=O) groups is 2. The van der Waals surface area contributed by atoms with Crippen LogP contribution < -0.4 is 11.1 Å². The number of anilines is 1. The average Bonchev–Trinajstić information content (AvgIpc) is 3.42. The first-order valence-electron chi connectivity index (χ1n) is 7.96. The topological polar surface area (TPSA) is 114 Å². The molecule has 0 saturated heterocycles. The normalized spacial score (nSPS) is 10.8. The van der Waals surface area contributed by atoms with Crippen LogP contribution in [0.2, 0.25) is 5.02 Å². The molecule has 140 valence electrons. The summed E-state index contributed by atoms with van der Waals surface area (Å²) in [6.07, 6.45) is 1.64. The van der Waals surface area contributed by atoms with Crippen LogP contribution >= 0.6 is 34.3 Å². The van der Waals surface area contributed by atoms with Crippen LogP contribution in [0.25, 0.3) is 21.8 Å². The molecule has 7 nitrogen and oxygen atoms in total. The van der Waals surface area contributed by atoms with Gasteiger partial charge >= 0.3 is 0 Å². The van der Waals surface area contributed by atoms with Crippen molar-refractivity contribution >= 4 is 51.2 Å². The van der Waals surface area contributed by atoms with Gasteiger partial charge in [0.1, 0.15) is 16.4 Å². The van der Waals surface area contributed by atoms with Crippen molar-refractivity contribution in [1.82, 2.24) is 15.0 Å². The molecule has 0 bridgehead atoms. The van der Waals surface area contributed by atoms with Gasteiger partial charge in [0, 0.05) is 33.1 Å². The minimum absolute atomic E-state index is 0.297. The number of carbonyl (C=O) groups excluding carboxylic acids is 2. The number of benzene rings is 1. The van der Waals surface area contributed by atoms with Crippen LogP contribution in [0.4, 0.5) is 5.13 Å². The first-order valence-corrected chi connectivity index (χ1v) is 10.1. The lowest BCUT2D eigenvalue weighted by Gasteiger charge is -1.98. The Kier molecular flexibility index (Phi) is 4.95. The van der Waals surface area contributed by atoms with Gasteiger partial charge < -0.3 is 10.7 Å². The molecule has 4 N–H and O–H groups in total. The van der Waals surface area contributed by atoms with Gasteiger partial charge in [-0.1, -0.05) is 23.7 Å². The number of rotatable bonds is 5. The predicted molar refractivity (Wildman–Crippen MR) is 111 cm³/mol. The van der Waals surface area contributed by atoms with Crippen molar-refractivity contribution in [2.75, 3.05) is 5.32 Å². The number of aromatic amines is 1. The summed E-state index contributed by atoms with van der Waals surface area (Å²) in [4.78, 5) is 35.2. The number of primary amides is 1. The van der Waals surface area contributed by atoms with Gasteiger partial charge in [-0.3, -0.25) is 14.9 Å². The van der Waals surface area contributed by atoms with E-state index >= 15 is 0 Å². The van der Waals surface area contributed by atoms with E-state index in [1.165, 1.54) is 22.7 Å². The van der Waals surface area contributed by atoms with E-state index in [4.69, 9.17) is 17.3 Å². The second-order valence-corrected chi connectivity index (χ2v) is 7.86. The average molecular weight is 430 g/mol. The van der Waals surface area contributed by atoms with Gasteiger partial charge in [-0.2, -0.15) is 0 Å². The van der Waals surface area contributed by atoms with Crippen LogP contribution in [0.1, 0.15) is 21.0 Å². The number of halogens is 1. The molecule has 0 aliphatic rings. The van der Waals surface area contributed by atoms with E-state index in [1.54, 1.807) is 35.2 Å². The Morgan fingerprint density at radius 1 is 1.07 bits per heavy atom. The summed E-state index contributed by atoms with van der Waals surface area (Å²) in [5.74, 6) is -0.890. The van der Waals surface area contributed by atoms with Crippen LogP contribution in [0.15, 0.2) is 47.3 Å². The second kappa shape index (κ2) is 7.55. The van der Waals surface area contributed by atoms with Crippen LogP contribution in [0.3, 0.4) is 0 Å². The minimum atomic E-state index is -0.546. The van der Waals surface area contributed by atoms with Crippen molar-refractivity contribution < 1.29 is 9.59 Å². The summed E-state index contributed by atoms with van der Waals surface area (Å²) >= 11 is 8.55. The number of hydrogen-bond donors (Lipinski definition) is 3. The molecule has 0 aliphatic carbocycles. The van der Waals surface area contributed by atoms with Gasteiger partial charge in [-0.05, 0) is 18.2 Å². The van der Waals surface area contributed by atoms with Gasteiger partial charge in [-0.25, -0.2) is 9.97 Å². The molecule has 4 aromatic rings. The minimum Gasteiger partial charge on any atom is -0.364 e. The molecule has 28 heavy (non-hydrogen) atoms. The maximum Gasteiger partial charge on any atom is 0.276 e. The Morgan fingerprint density at radius 2 is 1.86 bits per heavy atom. The van der Waals surface area contributed by atoms with E-state index in [-0.39, 0.29) is 5.91 Å². The molecular formula is C18H12ClN5O2S2. The zero-order valence-electron chi connectivity index (χ0n) is 14.1. The zero-order chi connectivity index (χ0) is 19.7. The second-order valence-electron chi connectivity index (χ2n) is 5.70. The van der Waals surface area contributed by atoms with Gasteiger partial charge in [0.25, 0.3) is 11.8 Å². The molecule has 0 aliphatic heterocycles. The lowest BCUT2D eigenvalue weighted by Crippen LogP contribution is -2.12. The van der Waals surface area contributed by atoms with Crippen LogP contribution in [0.5, 0.6) is 0 Å². The van der Waals surface area contributed by atoms with Gasteiger partial charge in [0.2, 0.25) is 0 Å². The van der Waals surface area contributed by atoms with Crippen LogP contribution in [-0.4, -0.2) is 26.8 Å². The number of H-pyrrole nitrogens is 1. The van der Waals surface area contributed by atoms with Crippen LogP contribution in [0, 0.1) is 0 Å². The lowest BCUT2D eigenvalue weighted by atomic mass is 10.2. The van der Waals surface area contributed by atoms with Crippen molar-refractivity contribution in [3.05, 3.63) is 63.7 Å². The van der Waals surface area contributed by atoms with E-state index in [2.05, 4.69) is 20.3 Å². The molecule has 0 atom stereocenters. The number of amides is 2. The smallest absolute Gasteiger partial charge is 0.276 e. The molecule has 10 heteroatoms. The number of thiazole rings is 2. The Bertz CT molecular complexity index is 1160. The fraction of sp³-hybridized carbons (Fsp3) is 0. The first-order chi connectivity index (χ1) is 13.5. The molecule has 0 fully saturated rings. The van der Waals surface area contributed by atoms with E-state index in [0.29, 0.717) is 32.8 Å². The van der Waals surface area contributed by atoms with E-state index in [1.807, 2.05) is 12.1 Å². The molecule has 3 aromatic heterocycles. The van der Waals surface area contributed by atoms with E-state index in [0.717, 1.165) is 10.6 Å². The standard InChI is InChI=1S/C18H12ClN5O2S2/c19-11-3-1-9(2-4-11)17-22-14(8-27-17)16(26)24-18-23-13(7-28-18)10-5-12(15(20)25)21-6-10/h1-8,21H,(H2,20,25)(H,23,24,26). The Labute approximate surface area is 172 Å². The highest BCUT2D eigenvalue weighted by molar-refractivity contribution is 7.14. The van der Waals surface area contributed by atoms with Crippen LogP contribution in [-0.2, 0) is 0 Å². The van der Waals surface area contributed by atoms with Gasteiger partial charge in [-0.15, -0.1) is 22.7 Å². The summed E-state index contributed by atoms with van der Waals surface area (Å²) in [5, 5.41) is 8.02.